The topological polar surface area (TPSA) is 46.6 Å². The van der Waals surface area contributed by atoms with E-state index < -0.39 is 0 Å². The number of hydrogen-bond acceptors (Lipinski definition) is 3. The second kappa shape index (κ2) is 5.05. The molecule has 0 aliphatic carbocycles. The summed E-state index contributed by atoms with van der Waals surface area (Å²) in [6, 6.07) is 13.9. The fourth-order valence-electron chi connectivity index (χ4n) is 2.71. The molecule has 0 fully saturated rings. The van der Waals surface area contributed by atoms with Gasteiger partial charge in [-0.2, -0.15) is 0 Å². The lowest BCUT2D eigenvalue weighted by atomic mass is 10.1. The van der Waals surface area contributed by atoms with E-state index in [1.807, 2.05) is 31.2 Å². The lowest BCUT2D eigenvalue weighted by Crippen LogP contribution is -2.32. The first-order valence-electron chi connectivity index (χ1n) is 6.75. The van der Waals surface area contributed by atoms with Crippen LogP contribution in [0.3, 0.4) is 0 Å². The Balaban J connectivity index is 2.02. The summed E-state index contributed by atoms with van der Waals surface area (Å²) in [4.78, 5) is 26.3. The Hall–Kier alpha value is -2.62. The lowest BCUT2D eigenvalue weighted by Gasteiger charge is -2.24. The Labute approximate surface area is 123 Å². The maximum atomic E-state index is 12.5. The van der Waals surface area contributed by atoms with Crippen LogP contribution in [-0.2, 0) is 0 Å². The van der Waals surface area contributed by atoms with Crippen LogP contribution in [0.4, 0.5) is 0 Å². The highest BCUT2D eigenvalue weighted by Gasteiger charge is 2.39. The molecule has 0 saturated heterocycles. The molecular formula is C17H15NO3. The van der Waals surface area contributed by atoms with Gasteiger partial charge in [0.2, 0.25) is 0 Å². The van der Waals surface area contributed by atoms with Crippen molar-refractivity contribution in [1.82, 2.24) is 4.90 Å². The van der Waals surface area contributed by atoms with Crippen LogP contribution in [0, 0.1) is 0 Å². The SMILES string of the molecule is COc1ccccc1C(C)N1C(=O)c2ccccc2C1=O. The quantitative estimate of drug-likeness (QED) is 0.812. The molecule has 106 valence electrons. The summed E-state index contributed by atoms with van der Waals surface area (Å²) in [7, 11) is 1.58. The highest BCUT2D eigenvalue weighted by Crippen LogP contribution is 2.34. The van der Waals surface area contributed by atoms with Crippen molar-refractivity contribution in [2.75, 3.05) is 7.11 Å². The lowest BCUT2D eigenvalue weighted by molar-refractivity contribution is 0.0594. The van der Waals surface area contributed by atoms with Crippen LogP contribution in [0.15, 0.2) is 48.5 Å². The van der Waals surface area contributed by atoms with E-state index in [-0.39, 0.29) is 17.9 Å². The molecule has 21 heavy (non-hydrogen) atoms. The van der Waals surface area contributed by atoms with Gasteiger partial charge in [0, 0.05) is 5.56 Å². The van der Waals surface area contributed by atoms with Crippen LogP contribution >= 0.6 is 0 Å². The summed E-state index contributed by atoms with van der Waals surface area (Å²) in [5.74, 6) is 0.157. The number of carbonyl (C=O) groups excluding carboxylic acids is 2. The minimum absolute atomic E-state index is 0.256. The molecule has 1 unspecified atom stereocenters. The third kappa shape index (κ3) is 2.00. The Bertz CT molecular complexity index is 688. The first-order chi connectivity index (χ1) is 10.1. The van der Waals surface area contributed by atoms with Crippen LogP contribution in [0.5, 0.6) is 5.75 Å². The van der Waals surface area contributed by atoms with E-state index in [2.05, 4.69) is 0 Å². The van der Waals surface area contributed by atoms with E-state index in [0.717, 1.165) is 5.56 Å². The van der Waals surface area contributed by atoms with Gasteiger partial charge in [0.1, 0.15) is 5.75 Å². The van der Waals surface area contributed by atoms with Crippen molar-refractivity contribution in [3.05, 3.63) is 65.2 Å². The van der Waals surface area contributed by atoms with Gasteiger partial charge in [-0.15, -0.1) is 0 Å². The Kier molecular flexibility index (Phi) is 3.22. The van der Waals surface area contributed by atoms with Crippen molar-refractivity contribution in [2.45, 2.75) is 13.0 Å². The Morgan fingerprint density at radius 1 is 0.905 bits per heavy atom. The van der Waals surface area contributed by atoms with Crippen molar-refractivity contribution in [2.24, 2.45) is 0 Å². The molecule has 2 aromatic rings. The Morgan fingerprint density at radius 3 is 2.00 bits per heavy atom. The predicted octanol–water partition coefficient (Wildman–Crippen LogP) is 3.05. The van der Waals surface area contributed by atoms with Crippen LogP contribution in [-0.4, -0.2) is 23.8 Å². The molecule has 0 aromatic heterocycles. The van der Waals surface area contributed by atoms with Crippen LogP contribution in [0.2, 0.25) is 0 Å². The van der Waals surface area contributed by atoms with E-state index in [4.69, 9.17) is 4.74 Å². The van der Waals surface area contributed by atoms with Crippen molar-refractivity contribution >= 4 is 11.8 Å². The minimum Gasteiger partial charge on any atom is -0.496 e. The second-order valence-electron chi connectivity index (χ2n) is 4.94. The maximum absolute atomic E-state index is 12.5. The molecule has 1 atom stereocenters. The van der Waals surface area contributed by atoms with Gasteiger partial charge in [-0.1, -0.05) is 30.3 Å². The maximum Gasteiger partial charge on any atom is 0.262 e. The van der Waals surface area contributed by atoms with E-state index in [1.54, 1.807) is 31.4 Å². The number of nitrogens with zero attached hydrogens (tertiary/aromatic N) is 1. The van der Waals surface area contributed by atoms with Crippen LogP contribution in [0.1, 0.15) is 39.2 Å². The number of methoxy groups -OCH3 is 1. The van der Waals surface area contributed by atoms with Gasteiger partial charge < -0.3 is 4.74 Å². The average molecular weight is 281 g/mol. The van der Waals surface area contributed by atoms with E-state index >= 15 is 0 Å². The number of carbonyl (C=O) groups is 2. The first-order valence-corrected chi connectivity index (χ1v) is 6.75. The molecule has 0 bridgehead atoms. The summed E-state index contributed by atoms with van der Waals surface area (Å²) in [5.41, 5.74) is 1.74. The van der Waals surface area contributed by atoms with E-state index in [0.29, 0.717) is 16.9 Å². The molecule has 0 spiro atoms. The number of ether oxygens (including phenoxy) is 1. The smallest absolute Gasteiger partial charge is 0.262 e. The molecule has 2 amide bonds. The van der Waals surface area contributed by atoms with Gasteiger partial charge in [0.15, 0.2) is 0 Å². The van der Waals surface area contributed by atoms with Gasteiger partial charge in [-0.25, -0.2) is 0 Å². The van der Waals surface area contributed by atoms with Crippen molar-refractivity contribution in [3.8, 4) is 5.75 Å². The van der Waals surface area contributed by atoms with Crippen molar-refractivity contribution in [1.29, 1.82) is 0 Å². The van der Waals surface area contributed by atoms with Crippen molar-refractivity contribution in [3.63, 3.8) is 0 Å². The molecule has 0 saturated carbocycles. The molecule has 1 aliphatic heterocycles. The zero-order valence-corrected chi connectivity index (χ0v) is 11.9. The summed E-state index contributed by atoms with van der Waals surface area (Å²) in [5, 5.41) is 0. The number of benzene rings is 2. The molecule has 4 heteroatoms. The normalized spacial score (nSPS) is 15.0. The third-order valence-corrected chi connectivity index (χ3v) is 3.80. The van der Waals surface area contributed by atoms with Crippen molar-refractivity contribution < 1.29 is 14.3 Å². The highest BCUT2D eigenvalue weighted by molar-refractivity contribution is 6.21. The molecule has 0 radical (unpaired) electrons. The second-order valence-corrected chi connectivity index (χ2v) is 4.94. The van der Waals surface area contributed by atoms with Crippen LogP contribution in [0.25, 0.3) is 0 Å². The molecule has 2 aromatic carbocycles. The summed E-state index contributed by atoms with van der Waals surface area (Å²) < 4.78 is 5.32. The van der Waals surface area contributed by atoms with Gasteiger partial charge in [-0.3, -0.25) is 14.5 Å². The highest BCUT2D eigenvalue weighted by atomic mass is 16.5. The zero-order chi connectivity index (χ0) is 15.0. The monoisotopic (exact) mass is 281 g/mol. The predicted molar refractivity (Wildman–Crippen MR) is 78.4 cm³/mol. The number of amides is 2. The molecule has 1 aliphatic rings. The molecular weight excluding hydrogens is 266 g/mol. The largest absolute Gasteiger partial charge is 0.496 e. The van der Waals surface area contributed by atoms with Gasteiger partial charge in [0.05, 0.1) is 24.3 Å². The number of rotatable bonds is 3. The summed E-state index contributed by atoms with van der Waals surface area (Å²) in [6.45, 7) is 1.83. The number of imide groups is 1. The third-order valence-electron chi connectivity index (χ3n) is 3.80. The summed E-state index contributed by atoms with van der Waals surface area (Å²) >= 11 is 0. The fraction of sp³-hybridized carbons (Fsp3) is 0.176. The molecule has 1 heterocycles. The standard InChI is InChI=1S/C17H15NO3/c1-11(12-7-5-6-10-15(12)21-2)18-16(19)13-8-3-4-9-14(13)17(18)20/h3-11H,1-2H3. The zero-order valence-electron chi connectivity index (χ0n) is 11.9. The van der Waals surface area contributed by atoms with Gasteiger partial charge in [-0.05, 0) is 25.1 Å². The molecule has 4 nitrogen and oxygen atoms in total. The fourth-order valence-corrected chi connectivity index (χ4v) is 2.71. The van der Waals surface area contributed by atoms with E-state index in [1.165, 1.54) is 4.90 Å². The number of hydrogen-bond donors (Lipinski definition) is 0. The van der Waals surface area contributed by atoms with Gasteiger partial charge >= 0.3 is 0 Å². The first kappa shape index (κ1) is 13.4. The number of fused-ring (bicyclic) bond motifs is 1. The molecule has 0 N–H and O–H groups in total. The Morgan fingerprint density at radius 2 is 1.43 bits per heavy atom. The van der Waals surface area contributed by atoms with Crippen LogP contribution < -0.4 is 4.74 Å². The average Bonchev–Trinajstić information content (AvgIpc) is 2.78. The minimum atomic E-state index is -0.381. The van der Waals surface area contributed by atoms with Gasteiger partial charge in [0.25, 0.3) is 11.8 Å². The summed E-state index contributed by atoms with van der Waals surface area (Å²) in [6.07, 6.45) is 0. The number of para-hydroxylation sites is 1. The molecule has 3 rings (SSSR count). The van der Waals surface area contributed by atoms with E-state index in [9.17, 15) is 9.59 Å².